The first-order chi connectivity index (χ1) is 3.18. The van der Waals surface area contributed by atoms with Gasteiger partial charge < -0.3 is 5.73 Å². The summed E-state index contributed by atoms with van der Waals surface area (Å²) in [6.45, 7) is 0. The first-order valence-corrected chi connectivity index (χ1v) is 2.80. The predicted octanol–water partition coefficient (Wildman–Crippen LogP) is -0.0324. The van der Waals surface area contributed by atoms with E-state index in [4.69, 9.17) is 5.73 Å². The summed E-state index contributed by atoms with van der Waals surface area (Å²) in [5.41, 5.74) is 5.09. The fourth-order valence-electron chi connectivity index (χ4n) is 0.0745. The van der Waals surface area contributed by atoms with Crippen LogP contribution < -0.4 is 5.73 Å². The molecule has 41 valence electrons. The van der Waals surface area contributed by atoms with Gasteiger partial charge in [-0.2, -0.15) is 12.6 Å². The molecule has 1 unspecified atom stereocenters. The second kappa shape index (κ2) is 3.23. The summed E-state index contributed by atoms with van der Waals surface area (Å²) in [6.07, 6.45) is 0. The zero-order valence-electron chi connectivity index (χ0n) is 3.63. The van der Waals surface area contributed by atoms with Crippen LogP contribution in [-0.2, 0) is 4.79 Å². The first kappa shape index (κ1) is 7.20. The number of hydrogen-bond acceptors (Lipinski definition) is 3. The van der Waals surface area contributed by atoms with Crippen LogP contribution in [0.2, 0.25) is 0 Å². The number of carbonyl (C=O) groups is 1. The topological polar surface area (TPSA) is 43.1 Å². The Morgan fingerprint density at radius 1 is 2.00 bits per heavy atom. The summed E-state index contributed by atoms with van der Waals surface area (Å²) in [5.74, 6) is 0.336. The van der Waals surface area contributed by atoms with Gasteiger partial charge in [-0.15, -0.1) is 0 Å². The Hall–Kier alpha value is 0.200. The highest BCUT2D eigenvalue weighted by atomic mass is 32.1. The Kier molecular flexibility index (Phi) is 3.33. The molecule has 4 heteroatoms. The van der Waals surface area contributed by atoms with E-state index in [-0.39, 0.29) is 0 Å². The minimum Gasteiger partial charge on any atom is -0.320 e. The van der Waals surface area contributed by atoms with Crippen molar-refractivity contribution in [3.63, 3.8) is 0 Å². The molecule has 0 aromatic carbocycles. The summed E-state index contributed by atoms with van der Waals surface area (Å²) in [5, 5.41) is -0.421. The van der Waals surface area contributed by atoms with E-state index in [1.807, 2.05) is 0 Å². The van der Waals surface area contributed by atoms with E-state index in [1.165, 1.54) is 0 Å². The SMILES string of the molecule is NC(CS)C(=O)[S]. The van der Waals surface area contributed by atoms with Crippen LogP contribution in [0, 0.1) is 0 Å². The molecule has 0 bridgehead atoms. The number of rotatable bonds is 2. The summed E-state index contributed by atoms with van der Waals surface area (Å²) < 4.78 is 0. The van der Waals surface area contributed by atoms with Crippen LogP contribution in [0.15, 0.2) is 0 Å². The van der Waals surface area contributed by atoms with Gasteiger partial charge in [0.2, 0.25) is 5.12 Å². The van der Waals surface area contributed by atoms with E-state index in [1.54, 1.807) is 0 Å². The van der Waals surface area contributed by atoms with E-state index >= 15 is 0 Å². The average molecular weight is 136 g/mol. The summed E-state index contributed by atoms with van der Waals surface area (Å²) in [7, 11) is 0. The van der Waals surface area contributed by atoms with Gasteiger partial charge in [0.05, 0.1) is 6.04 Å². The van der Waals surface area contributed by atoms with Crippen LogP contribution in [0.3, 0.4) is 0 Å². The molecule has 7 heavy (non-hydrogen) atoms. The molecular weight excluding hydrogens is 130 g/mol. The van der Waals surface area contributed by atoms with E-state index in [0.29, 0.717) is 5.75 Å². The highest BCUT2D eigenvalue weighted by Gasteiger charge is 2.05. The second-order valence-electron chi connectivity index (χ2n) is 1.11. The van der Waals surface area contributed by atoms with E-state index in [0.717, 1.165) is 0 Å². The zero-order chi connectivity index (χ0) is 5.86. The molecule has 0 rings (SSSR count). The van der Waals surface area contributed by atoms with Gasteiger partial charge >= 0.3 is 0 Å². The van der Waals surface area contributed by atoms with Crippen LogP contribution in [0.5, 0.6) is 0 Å². The van der Waals surface area contributed by atoms with Crippen molar-refractivity contribution in [1.82, 2.24) is 0 Å². The molecule has 0 aliphatic rings. The average Bonchev–Trinajstić information content (AvgIpc) is 1.65. The second-order valence-corrected chi connectivity index (χ2v) is 1.88. The fourth-order valence-corrected chi connectivity index (χ4v) is 0.447. The molecule has 0 aliphatic heterocycles. The van der Waals surface area contributed by atoms with Crippen LogP contribution in [0.4, 0.5) is 0 Å². The number of hydrogen-bond donors (Lipinski definition) is 2. The molecule has 1 atom stereocenters. The highest BCUT2D eigenvalue weighted by molar-refractivity contribution is 7.96. The Morgan fingerprint density at radius 2 is 2.43 bits per heavy atom. The molecule has 0 heterocycles. The highest BCUT2D eigenvalue weighted by Crippen LogP contribution is 1.87. The molecule has 0 aliphatic carbocycles. The van der Waals surface area contributed by atoms with Gasteiger partial charge in [0.15, 0.2) is 0 Å². The molecule has 0 saturated carbocycles. The van der Waals surface area contributed by atoms with Crippen LogP contribution in [-0.4, -0.2) is 16.9 Å². The Balaban J connectivity index is 3.34. The van der Waals surface area contributed by atoms with E-state index < -0.39 is 11.2 Å². The van der Waals surface area contributed by atoms with Gasteiger partial charge in [0.1, 0.15) is 0 Å². The third-order valence-electron chi connectivity index (χ3n) is 0.499. The molecular formula is C3H6NOS2. The van der Waals surface area contributed by atoms with E-state index in [9.17, 15) is 4.79 Å². The monoisotopic (exact) mass is 136 g/mol. The van der Waals surface area contributed by atoms with Gasteiger partial charge in [-0.1, -0.05) is 0 Å². The minimum atomic E-state index is -0.557. The summed E-state index contributed by atoms with van der Waals surface area (Å²) in [4.78, 5) is 10.0. The normalized spacial score (nSPS) is 13.4. The lowest BCUT2D eigenvalue weighted by Gasteiger charge is -1.96. The lowest BCUT2D eigenvalue weighted by Crippen LogP contribution is -2.28. The van der Waals surface area contributed by atoms with E-state index in [2.05, 4.69) is 25.3 Å². The molecule has 2 nitrogen and oxygen atoms in total. The van der Waals surface area contributed by atoms with Crippen molar-refractivity contribution < 1.29 is 4.79 Å². The van der Waals surface area contributed by atoms with Crippen molar-refractivity contribution in [1.29, 1.82) is 0 Å². The van der Waals surface area contributed by atoms with Gasteiger partial charge in [0.25, 0.3) is 0 Å². The van der Waals surface area contributed by atoms with Gasteiger partial charge in [-0.3, -0.25) is 4.79 Å². The largest absolute Gasteiger partial charge is 0.320 e. The maximum absolute atomic E-state index is 10.0. The van der Waals surface area contributed by atoms with Crippen LogP contribution in [0.1, 0.15) is 0 Å². The van der Waals surface area contributed by atoms with Crippen LogP contribution in [0.25, 0.3) is 0 Å². The Morgan fingerprint density at radius 3 is 2.43 bits per heavy atom. The van der Waals surface area contributed by atoms with Crippen LogP contribution >= 0.6 is 25.3 Å². The molecule has 0 aromatic rings. The lowest BCUT2D eigenvalue weighted by atomic mass is 10.4. The number of carbonyl (C=O) groups excluding carboxylic acids is 1. The van der Waals surface area contributed by atoms with Crippen molar-refractivity contribution in [2.75, 3.05) is 5.75 Å². The third-order valence-corrected chi connectivity index (χ3v) is 1.20. The fraction of sp³-hybridized carbons (Fsp3) is 0.667. The molecule has 0 aromatic heterocycles. The summed E-state index contributed by atoms with van der Waals surface area (Å²) >= 11 is 7.93. The lowest BCUT2D eigenvalue weighted by molar-refractivity contribution is -0.111. The molecule has 0 fully saturated rings. The predicted molar refractivity (Wildman–Crippen MR) is 34.4 cm³/mol. The molecule has 0 saturated heterocycles. The van der Waals surface area contributed by atoms with Gasteiger partial charge in [0, 0.05) is 5.75 Å². The molecule has 2 N–H and O–H groups in total. The maximum Gasteiger partial charge on any atom is 0.236 e. The molecule has 0 amide bonds. The molecule has 0 spiro atoms. The van der Waals surface area contributed by atoms with Crippen molar-refractivity contribution in [2.24, 2.45) is 5.73 Å². The van der Waals surface area contributed by atoms with Crippen molar-refractivity contribution >= 4 is 30.4 Å². The number of thiol groups is 1. The smallest absolute Gasteiger partial charge is 0.236 e. The maximum atomic E-state index is 10.0. The quantitative estimate of drug-likeness (QED) is 0.523. The Bertz CT molecular complexity index is 75.3. The van der Waals surface area contributed by atoms with Crippen molar-refractivity contribution in [3.05, 3.63) is 0 Å². The van der Waals surface area contributed by atoms with Crippen molar-refractivity contribution in [3.8, 4) is 0 Å². The zero-order valence-corrected chi connectivity index (χ0v) is 5.34. The third kappa shape index (κ3) is 2.85. The Labute approximate surface area is 53.3 Å². The minimum absolute atomic E-state index is 0.336. The van der Waals surface area contributed by atoms with Crippen molar-refractivity contribution in [2.45, 2.75) is 6.04 Å². The first-order valence-electron chi connectivity index (χ1n) is 1.75. The summed E-state index contributed by atoms with van der Waals surface area (Å²) in [6, 6.07) is -0.557. The molecule has 1 radical (unpaired) electrons. The number of nitrogens with two attached hydrogens (primary N) is 1. The van der Waals surface area contributed by atoms with Gasteiger partial charge in [-0.25, -0.2) is 0 Å². The standard InChI is InChI=1S/C3H6NOS2/c4-2(1-6)3(5)7/h2,6H,1,4H2. The van der Waals surface area contributed by atoms with Gasteiger partial charge in [-0.05, 0) is 12.6 Å².